The normalized spacial score (nSPS) is 15.7. The number of amides is 1. The molecule has 0 radical (unpaired) electrons. The third kappa shape index (κ3) is 2.78. The molecule has 3 heteroatoms. The molecule has 0 saturated carbocycles. The minimum absolute atomic E-state index is 0.132. The summed E-state index contributed by atoms with van der Waals surface area (Å²) in [6.45, 7) is 5.65. The first-order valence-electron chi connectivity index (χ1n) is 5.79. The van der Waals surface area contributed by atoms with Crippen LogP contribution >= 0.6 is 15.9 Å². The van der Waals surface area contributed by atoms with Crippen LogP contribution in [-0.4, -0.2) is 23.9 Å². The van der Waals surface area contributed by atoms with Crippen LogP contribution in [0.25, 0.3) is 0 Å². The molecule has 1 amide bonds. The SMILES string of the molecule is CC1=CCN(C(=O)c2cc(Br)ccc2C)CC1. The van der Waals surface area contributed by atoms with Gasteiger partial charge >= 0.3 is 0 Å². The van der Waals surface area contributed by atoms with Gasteiger partial charge in [0.05, 0.1) is 0 Å². The molecule has 1 heterocycles. The summed E-state index contributed by atoms with van der Waals surface area (Å²) < 4.78 is 0.954. The summed E-state index contributed by atoms with van der Waals surface area (Å²) in [5.41, 5.74) is 3.21. The van der Waals surface area contributed by atoms with E-state index in [1.54, 1.807) is 0 Å². The summed E-state index contributed by atoms with van der Waals surface area (Å²) in [6.07, 6.45) is 3.12. The predicted octanol–water partition coefficient (Wildman–Crippen LogP) is 3.55. The van der Waals surface area contributed by atoms with Crippen LogP contribution in [-0.2, 0) is 0 Å². The number of hydrogen-bond donors (Lipinski definition) is 0. The second kappa shape index (κ2) is 5.05. The molecule has 1 aromatic rings. The smallest absolute Gasteiger partial charge is 0.254 e. The van der Waals surface area contributed by atoms with Gasteiger partial charge in [0, 0.05) is 23.1 Å². The second-order valence-electron chi connectivity index (χ2n) is 4.51. The van der Waals surface area contributed by atoms with Crippen LogP contribution in [0.1, 0.15) is 29.3 Å². The molecule has 1 aliphatic heterocycles. The number of benzene rings is 1. The van der Waals surface area contributed by atoms with Gasteiger partial charge in [-0.3, -0.25) is 4.79 Å². The van der Waals surface area contributed by atoms with Crippen LogP contribution in [0.3, 0.4) is 0 Å². The van der Waals surface area contributed by atoms with Crippen LogP contribution in [0.4, 0.5) is 0 Å². The van der Waals surface area contributed by atoms with Crippen molar-refractivity contribution in [3.63, 3.8) is 0 Å². The molecule has 2 rings (SSSR count). The lowest BCUT2D eigenvalue weighted by atomic mass is 10.1. The van der Waals surface area contributed by atoms with Gasteiger partial charge in [-0.15, -0.1) is 0 Å². The molecule has 1 aromatic carbocycles. The Labute approximate surface area is 110 Å². The predicted molar refractivity (Wildman–Crippen MR) is 73.2 cm³/mol. The quantitative estimate of drug-likeness (QED) is 0.725. The molecule has 0 aliphatic carbocycles. The van der Waals surface area contributed by atoms with Crippen molar-refractivity contribution < 1.29 is 4.79 Å². The fourth-order valence-electron chi connectivity index (χ4n) is 1.95. The molecular weight excluding hydrogens is 278 g/mol. The van der Waals surface area contributed by atoms with Gasteiger partial charge in [-0.1, -0.05) is 33.6 Å². The lowest BCUT2D eigenvalue weighted by Crippen LogP contribution is -2.35. The lowest BCUT2D eigenvalue weighted by Gasteiger charge is -2.26. The van der Waals surface area contributed by atoms with E-state index in [2.05, 4.69) is 28.9 Å². The van der Waals surface area contributed by atoms with Crippen molar-refractivity contribution in [3.05, 3.63) is 45.4 Å². The van der Waals surface area contributed by atoms with E-state index < -0.39 is 0 Å². The van der Waals surface area contributed by atoms with E-state index in [-0.39, 0.29) is 5.91 Å². The summed E-state index contributed by atoms with van der Waals surface area (Å²) in [5.74, 6) is 0.132. The number of hydrogen-bond acceptors (Lipinski definition) is 1. The van der Waals surface area contributed by atoms with Crippen molar-refractivity contribution in [1.82, 2.24) is 4.90 Å². The largest absolute Gasteiger partial charge is 0.335 e. The zero-order valence-electron chi connectivity index (χ0n) is 10.2. The molecule has 0 atom stereocenters. The standard InChI is InChI=1S/C14H16BrNO/c1-10-5-7-16(8-6-10)14(17)13-9-12(15)4-3-11(13)2/h3-5,9H,6-8H2,1-2H3. The molecule has 0 unspecified atom stereocenters. The summed E-state index contributed by atoms with van der Waals surface area (Å²) in [5, 5.41) is 0. The fraction of sp³-hybridized carbons (Fsp3) is 0.357. The number of nitrogens with zero attached hydrogens (tertiary/aromatic N) is 1. The van der Waals surface area contributed by atoms with E-state index in [1.165, 1.54) is 5.57 Å². The number of rotatable bonds is 1. The zero-order chi connectivity index (χ0) is 12.4. The average Bonchev–Trinajstić information content (AvgIpc) is 2.32. The maximum Gasteiger partial charge on any atom is 0.254 e. The van der Waals surface area contributed by atoms with E-state index in [4.69, 9.17) is 0 Å². The lowest BCUT2D eigenvalue weighted by molar-refractivity contribution is 0.0768. The highest BCUT2D eigenvalue weighted by molar-refractivity contribution is 9.10. The van der Waals surface area contributed by atoms with Crippen molar-refractivity contribution in [2.75, 3.05) is 13.1 Å². The van der Waals surface area contributed by atoms with Gasteiger partial charge < -0.3 is 4.90 Å². The molecule has 0 N–H and O–H groups in total. The van der Waals surface area contributed by atoms with Gasteiger partial charge in [0.15, 0.2) is 0 Å². The molecule has 0 aromatic heterocycles. The van der Waals surface area contributed by atoms with Gasteiger partial charge in [-0.05, 0) is 38.0 Å². The highest BCUT2D eigenvalue weighted by Gasteiger charge is 2.19. The first-order valence-corrected chi connectivity index (χ1v) is 6.58. The Morgan fingerprint density at radius 1 is 1.35 bits per heavy atom. The van der Waals surface area contributed by atoms with Crippen LogP contribution in [0.5, 0.6) is 0 Å². The molecule has 0 fully saturated rings. The van der Waals surface area contributed by atoms with Gasteiger partial charge in [0.1, 0.15) is 0 Å². The Morgan fingerprint density at radius 2 is 2.12 bits per heavy atom. The zero-order valence-corrected chi connectivity index (χ0v) is 11.8. The van der Waals surface area contributed by atoms with E-state index in [0.717, 1.165) is 35.1 Å². The average molecular weight is 294 g/mol. The van der Waals surface area contributed by atoms with E-state index in [9.17, 15) is 4.79 Å². The van der Waals surface area contributed by atoms with Crippen molar-refractivity contribution >= 4 is 21.8 Å². The second-order valence-corrected chi connectivity index (χ2v) is 5.43. The van der Waals surface area contributed by atoms with E-state index in [0.29, 0.717) is 0 Å². The maximum absolute atomic E-state index is 12.4. The van der Waals surface area contributed by atoms with Gasteiger partial charge in [-0.25, -0.2) is 0 Å². The molecule has 17 heavy (non-hydrogen) atoms. The molecule has 90 valence electrons. The monoisotopic (exact) mass is 293 g/mol. The topological polar surface area (TPSA) is 20.3 Å². The summed E-state index contributed by atoms with van der Waals surface area (Å²) in [6, 6.07) is 5.84. The van der Waals surface area contributed by atoms with Crippen molar-refractivity contribution in [1.29, 1.82) is 0 Å². The molecule has 2 nitrogen and oxygen atoms in total. The highest BCUT2D eigenvalue weighted by atomic mass is 79.9. The van der Waals surface area contributed by atoms with E-state index >= 15 is 0 Å². The Morgan fingerprint density at radius 3 is 2.76 bits per heavy atom. The fourth-order valence-corrected chi connectivity index (χ4v) is 2.31. The minimum Gasteiger partial charge on any atom is -0.335 e. The number of halogens is 1. The Bertz CT molecular complexity index is 479. The molecule has 0 bridgehead atoms. The summed E-state index contributed by atoms with van der Waals surface area (Å²) >= 11 is 3.42. The van der Waals surface area contributed by atoms with Crippen molar-refractivity contribution in [2.45, 2.75) is 20.3 Å². The van der Waals surface area contributed by atoms with Crippen LogP contribution in [0.15, 0.2) is 34.3 Å². The Balaban J connectivity index is 2.23. The van der Waals surface area contributed by atoms with Crippen LogP contribution in [0, 0.1) is 6.92 Å². The highest BCUT2D eigenvalue weighted by Crippen LogP contribution is 2.19. The number of aryl methyl sites for hydroxylation is 1. The third-order valence-electron chi connectivity index (χ3n) is 3.15. The van der Waals surface area contributed by atoms with Crippen LogP contribution in [0.2, 0.25) is 0 Å². The molecular formula is C14H16BrNO. The number of carbonyl (C=O) groups is 1. The third-order valence-corrected chi connectivity index (χ3v) is 3.65. The van der Waals surface area contributed by atoms with Gasteiger partial charge in [0.25, 0.3) is 5.91 Å². The van der Waals surface area contributed by atoms with Crippen LogP contribution < -0.4 is 0 Å². The van der Waals surface area contributed by atoms with Crippen molar-refractivity contribution in [2.24, 2.45) is 0 Å². The minimum atomic E-state index is 0.132. The molecule has 1 aliphatic rings. The summed E-state index contributed by atoms with van der Waals surface area (Å²) in [4.78, 5) is 14.3. The molecule has 0 saturated heterocycles. The van der Waals surface area contributed by atoms with Gasteiger partial charge in [0.2, 0.25) is 0 Å². The van der Waals surface area contributed by atoms with Crippen molar-refractivity contribution in [3.8, 4) is 0 Å². The summed E-state index contributed by atoms with van der Waals surface area (Å²) in [7, 11) is 0. The number of carbonyl (C=O) groups excluding carboxylic acids is 1. The first kappa shape index (κ1) is 12.4. The maximum atomic E-state index is 12.4. The molecule has 0 spiro atoms. The van der Waals surface area contributed by atoms with Gasteiger partial charge in [-0.2, -0.15) is 0 Å². The van der Waals surface area contributed by atoms with E-state index in [1.807, 2.05) is 30.0 Å². The Hall–Kier alpha value is -1.09. The Kier molecular flexibility index (Phi) is 3.67. The first-order chi connectivity index (χ1) is 8.08.